The van der Waals surface area contributed by atoms with E-state index in [-0.39, 0.29) is 0 Å². The van der Waals surface area contributed by atoms with Crippen molar-refractivity contribution in [1.82, 2.24) is 0 Å². The molecule has 116 valence electrons. The number of aliphatic carboxylic acids is 1. The van der Waals surface area contributed by atoms with Gasteiger partial charge in [-0.1, -0.05) is 26.7 Å². The summed E-state index contributed by atoms with van der Waals surface area (Å²) in [5, 5.41) is 7.42. The Hall–Kier alpha value is -1.85. The summed E-state index contributed by atoms with van der Waals surface area (Å²) >= 11 is 0. The van der Waals surface area contributed by atoms with Crippen LogP contribution in [0.1, 0.15) is 46.5 Å². The molecule has 0 fully saturated rings. The second kappa shape index (κ2) is 15.2. The van der Waals surface area contributed by atoms with Gasteiger partial charge in [-0.15, -0.1) is 0 Å². The summed E-state index contributed by atoms with van der Waals surface area (Å²) in [6.07, 6.45) is 5.81. The minimum absolute atomic E-state index is 0.393. The highest BCUT2D eigenvalue weighted by atomic mass is 16.5. The quantitative estimate of drug-likeness (QED) is 0.419. The molecule has 0 radical (unpaired) electrons. The maximum atomic E-state index is 11.0. The zero-order valence-corrected chi connectivity index (χ0v) is 12.4. The second-order valence-corrected chi connectivity index (χ2v) is 3.89. The lowest BCUT2D eigenvalue weighted by Gasteiger charge is -2.00. The minimum atomic E-state index is -0.833. The number of unbranched alkanes of at least 4 members (excludes halogenated alkanes) is 2. The third-order valence-electron chi connectivity index (χ3n) is 1.84. The molecule has 0 aromatic carbocycles. The molecule has 0 amide bonds. The molecule has 0 aliphatic heterocycles. The highest BCUT2D eigenvalue weighted by Crippen LogP contribution is 1.92. The zero-order chi connectivity index (χ0) is 15.8. The van der Waals surface area contributed by atoms with Crippen molar-refractivity contribution in [2.75, 3.05) is 13.2 Å². The minimum Gasteiger partial charge on any atom is -0.481 e. The van der Waals surface area contributed by atoms with E-state index < -0.39 is 17.9 Å². The largest absolute Gasteiger partial charge is 0.481 e. The lowest BCUT2D eigenvalue weighted by Crippen LogP contribution is -2.05. The molecule has 0 aliphatic rings. The standard InChI is InChI=1S/C12H20O4.C2H4O2/c1-3-5-9-15-11(13)7-8-12(14)16-10-6-4-2;1-2(3)4/h7-8H,3-6,9-10H2,1-2H3;1H3,(H,3,4)/b8-7+;. The first kappa shape index (κ1) is 20.5. The Kier molecular flexibility index (Phi) is 15.6. The van der Waals surface area contributed by atoms with Crippen LogP contribution in [0.25, 0.3) is 0 Å². The van der Waals surface area contributed by atoms with Gasteiger partial charge in [0.2, 0.25) is 0 Å². The van der Waals surface area contributed by atoms with Crippen LogP contribution in [0.15, 0.2) is 12.2 Å². The van der Waals surface area contributed by atoms with Crippen LogP contribution in [-0.4, -0.2) is 36.2 Å². The van der Waals surface area contributed by atoms with Crippen molar-refractivity contribution < 1.29 is 29.0 Å². The lowest BCUT2D eigenvalue weighted by molar-refractivity contribution is -0.140. The summed E-state index contributed by atoms with van der Waals surface area (Å²) in [4.78, 5) is 31.1. The number of carbonyl (C=O) groups is 3. The second-order valence-electron chi connectivity index (χ2n) is 3.89. The van der Waals surface area contributed by atoms with Crippen molar-refractivity contribution in [2.24, 2.45) is 0 Å². The van der Waals surface area contributed by atoms with Crippen LogP contribution in [0.2, 0.25) is 0 Å². The summed E-state index contributed by atoms with van der Waals surface area (Å²) in [7, 11) is 0. The molecule has 0 aromatic rings. The SMILES string of the molecule is CC(=O)O.CCCCOC(=O)/C=C/C(=O)OCCCC. The van der Waals surface area contributed by atoms with E-state index in [9.17, 15) is 9.59 Å². The monoisotopic (exact) mass is 288 g/mol. The Labute approximate surface area is 119 Å². The van der Waals surface area contributed by atoms with Crippen LogP contribution >= 0.6 is 0 Å². The van der Waals surface area contributed by atoms with Crippen molar-refractivity contribution in [3.8, 4) is 0 Å². The number of rotatable bonds is 8. The maximum Gasteiger partial charge on any atom is 0.331 e. The summed E-state index contributed by atoms with van der Waals surface area (Å²) < 4.78 is 9.65. The van der Waals surface area contributed by atoms with Crippen LogP contribution in [0.4, 0.5) is 0 Å². The summed E-state index contributed by atoms with van der Waals surface area (Å²) in [5.41, 5.74) is 0. The Bertz CT molecular complexity index is 281. The number of ether oxygens (including phenoxy) is 2. The maximum absolute atomic E-state index is 11.0. The number of carboxylic acid groups (broad SMARTS) is 1. The number of hydrogen-bond donors (Lipinski definition) is 1. The Morgan fingerprint density at radius 3 is 1.45 bits per heavy atom. The average molecular weight is 288 g/mol. The van der Waals surface area contributed by atoms with E-state index in [2.05, 4.69) is 0 Å². The normalized spacial score (nSPS) is 9.55. The topological polar surface area (TPSA) is 89.9 Å². The van der Waals surface area contributed by atoms with E-state index in [1.807, 2.05) is 13.8 Å². The van der Waals surface area contributed by atoms with Gasteiger partial charge >= 0.3 is 11.9 Å². The van der Waals surface area contributed by atoms with Gasteiger partial charge in [0.05, 0.1) is 13.2 Å². The van der Waals surface area contributed by atoms with Crippen molar-refractivity contribution >= 4 is 17.9 Å². The van der Waals surface area contributed by atoms with Gasteiger partial charge in [0, 0.05) is 19.1 Å². The molecule has 0 atom stereocenters. The number of carboxylic acids is 1. The molecule has 0 bridgehead atoms. The molecular weight excluding hydrogens is 264 g/mol. The van der Waals surface area contributed by atoms with Gasteiger partial charge in [-0.05, 0) is 12.8 Å². The van der Waals surface area contributed by atoms with Crippen molar-refractivity contribution in [2.45, 2.75) is 46.5 Å². The number of esters is 2. The van der Waals surface area contributed by atoms with E-state index in [1.54, 1.807) is 0 Å². The fraction of sp³-hybridized carbons (Fsp3) is 0.643. The lowest BCUT2D eigenvalue weighted by atomic mass is 10.4. The van der Waals surface area contributed by atoms with Crippen LogP contribution in [0.3, 0.4) is 0 Å². The summed E-state index contributed by atoms with van der Waals surface area (Å²) in [5.74, 6) is -1.83. The Balaban J connectivity index is 0. The Morgan fingerprint density at radius 2 is 1.20 bits per heavy atom. The van der Waals surface area contributed by atoms with Crippen molar-refractivity contribution in [3.63, 3.8) is 0 Å². The molecule has 0 saturated heterocycles. The van der Waals surface area contributed by atoms with Crippen LogP contribution < -0.4 is 0 Å². The highest BCUT2D eigenvalue weighted by Gasteiger charge is 2.00. The third kappa shape index (κ3) is 21.4. The van der Waals surface area contributed by atoms with Gasteiger partial charge in [0.25, 0.3) is 5.97 Å². The van der Waals surface area contributed by atoms with Gasteiger partial charge in [-0.25, -0.2) is 9.59 Å². The van der Waals surface area contributed by atoms with Gasteiger partial charge in [0.15, 0.2) is 0 Å². The van der Waals surface area contributed by atoms with Gasteiger partial charge < -0.3 is 14.6 Å². The molecule has 0 saturated carbocycles. The molecule has 0 aliphatic carbocycles. The van der Waals surface area contributed by atoms with Gasteiger partial charge in [0.1, 0.15) is 0 Å². The predicted molar refractivity (Wildman–Crippen MR) is 74.2 cm³/mol. The number of hydrogen-bond acceptors (Lipinski definition) is 5. The molecule has 0 unspecified atom stereocenters. The van der Waals surface area contributed by atoms with Crippen molar-refractivity contribution in [3.05, 3.63) is 12.2 Å². The average Bonchev–Trinajstić information content (AvgIpc) is 2.36. The molecule has 6 heteroatoms. The molecule has 20 heavy (non-hydrogen) atoms. The summed E-state index contributed by atoms with van der Waals surface area (Å²) in [6.45, 7) is 5.89. The van der Waals surface area contributed by atoms with Crippen LogP contribution in [0.5, 0.6) is 0 Å². The molecule has 0 heterocycles. The fourth-order valence-electron chi connectivity index (χ4n) is 0.867. The van der Waals surface area contributed by atoms with E-state index >= 15 is 0 Å². The molecular formula is C14H24O6. The van der Waals surface area contributed by atoms with E-state index in [0.717, 1.165) is 44.8 Å². The highest BCUT2D eigenvalue weighted by molar-refractivity contribution is 5.91. The van der Waals surface area contributed by atoms with Gasteiger partial charge in [-0.3, -0.25) is 4.79 Å². The van der Waals surface area contributed by atoms with Crippen LogP contribution in [-0.2, 0) is 23.9 Å². The molecule has 0 aromatic heterocycles. The smallest absolute Gasteiger partial charge is 0.331 e. The Morgan fingerprint density at radius 1 is 0.900 bits per heavy atom. The number of carbonyl (C=O) groups excluding carboxylic acids is 2. The van der Waals surface area contributed by atoms with Crippen molar-refractivity contribution in [1.29, 1.82) is 0 Å². The predicted octanol–water partition coefficient (Wildman–Crippen LogP) is 2.32. The summed E-state index contributed by atoms with van der Waals surface area (Å²) in [6, 6.07) is 0. The fourth-order valence-corrected chi connectivity index (χ4v) is 0.867. The van der Waals surface area contributed by atoms with E-state index in [4.69, 9.17) is 19.4 Å². The first-order chi connectivity index (χ1) is 9.43. The van der Waals surface area contributed by atoms with Crippen LogP contribution in [0, 0.1) is 0 Å². The zero-order valence-electron chi connectivity index (χ0n) is 12.4. The van der Waals surface area contributed by atoms with Gasteiger partial charge in [-0.2, -0.15) is 0 Å². The molecule has 0 spiro atoms. The van der Waals surface area contributed by atoms with E-state index in [0.29, 0.717) is 13.2 Å². The molecule has 1 N–H and O–H groups in total. The van der Waals surface area contributed by atoms with E-state index in [1.165, 1.54) is 0 Å². The third-order valence-corrected chi connectivity index (χ3v) is 1.84. The molecule has 0 rings (SSSR count). The first-order valence-corrected chi connectivity index (χ1v) is 6.65. The first-order valence-electron chi connectivity index (χ1n) is 6.65. The molecule has 6 nitrogen and oxygen atoms in total.